The summed E-state index contributed by atoms with van der Waals surface area (Å²) in [5.41, 5.74) is 1.49. The van der Waals surface area contributed by atoms with Gasteiger partial charge in [-0.15, -0.1) is 12.4 Å². The minimum atomic E-state index is 0. The smallest absolute Gasteiger partial charge is 0.00127 e. The molecule has 0 amide bonds. The second kappa shape index (κ2) is 13.2. The predicted molar refractivity (Wildman–Crippen MR) is 97.4 cm³/mol. The molecule has 0 bridgehead atoms. The van der Waals surface area contributed by atoms with E-state index in [9.17, 15) is 0 Å². The van der Waals surface area contributed by atoms with Crippen LogP contribution in [-0.2, 0) is 6.42 Å². The quantitative estimate of drug-likeness (QED) is 0.515. The molecule has 0 aliphatic rings. The van der Waals surface area contributed by atoms with E-state index < -0.39 is 0 Å². The Hall–Kier alpha value is -0.530. The lowest BCUT2D eigenvalue weighted by molar-refractivity contribution is 0.220. The summed E-state index contributed by atoms with van der Waals surface area (Å²) in [7, 11) is 0. The number of unbranched alkanes of at least 4 members (excludes halogenated alkanes) is 2. The van der Waals surface area contributed by atoms with Crippen molar-refractivity contribution in [3.63, 3.8) is 0 Å². The van der Waals surface area contributed by atoms with E-state index in [0.717, 1.165) is 5.92 Å². The number of hydrogen-bond donors (Lipinski definition) is 0. The van der Waals surface area contributed by atoms with Crippen LogP contribution in [0, 0.1) is 5.92 Å². The molecule has 0 aliphatic carbocycles. The number of benzene rings is 1. The molecule has 1 aromatic carbocycles. The zero-order valence-corrected chi connectivity index (χ0v) is 15.0. The fourth-order valence-electron chi connectivity index (χ4n) is 2.71. The standard InChI is InChI=1S/C19H33N.ClH/c1-4-7-14-20(15-8-5-2)17-18(6-3)16-19-12-10-9-11-13-19;/h9-13,18H,4-8,14-17H2,1-3H3;1H. The molecule has 0 saturated carbocycles. The molecule has 0 spiro atoms. The van der Waals surface area contributed by atoms with Crippen molar-refractivity contribution in [1.82, 2.24) is 4.90 Å². The van der Waals surface area contributed by atoms with E-state index in [4.69, 9.17) is 0 Å². The summed E-state index contributed by atoms with van der Waals surface area (Å²) in [6, 6.07) is 11.0. The van der Waals surface area contributed by atoms with Crippen LogP contribution in [0.5, 0.6) is 0 Å². The molecule has 1 unspecified atom stereocenters. The first-order valence-electron chi connectivity index (χ1n) is 8.56. The molecule has 0 aliphatic heterocycles. The lowest BCUT2D eigenvalue weighted by Gasteiger charge is -2.27. The summed E-state index contributed by atoms with van der Waals surface area (Å²) >= 11 is 0. The SMILES string of the molecule is CCCCN(CCCC)CC(CC)Cc1ccccc1.Cl. The predicted octanol–water partition coefficient (Wildman–Crippen LogP) is 5.58. The minimum absolute atomic E-state index is 0. The number of nitrogens with zero attached hydrogens (tertiary/aromatic N) is 1. The Morgan fingerprint density at radius 2 is 1.48 bits per heavy atom. The molecule has 122 valence electrons. The lowest BCUT2D eigenvalue weighted by atomic mass is 9.96. The van der Waals surface area contributed by atoms with Crippen molar-refractivity contribution < 1.29 is 0 Å². The fourth-order valence-corrected chi connectivity index (χ4v) is 2.71. The third-order valence-electron chi connectivity index (χ3n) is 4.12. The van der Waals surface area contributed by atoms with Crippen molar-refractivity contribution in [2.24, 2.45) is 5.92 Å². The Morgan fingerprint density at radius 1 is 0.905 bits per heavy atom. The largest absolute Gasteiger partial charge is 0.303 e. The van der Waals surface area contributed by atoms with Crippen molar-refractivity contribution in [3.05, 3.63) is 35.9 Å². The molecule has 21 heavy (non-hydrogen) atoms. The molecule has 0 saturated heterocycles. The molecule has 0 aromatic heterocycles. The molecule has 0 N–H and O–H groups in total. The van der Waals surface area contributed by atoms with Gasteiger partial charge in [-0.1, -0.05) is 70.4 Å². The Balaban J connectivity index is 0.00000400. The third-order valence-corrected chi connectivity index (χ3v) is 4.12. The fraction of sp³-hybridized carbons (Fsp3) is 0.684. The van der Waals surface area contributed by atoms with Crippen LogP contribution in [0.3, 0.4) is 0 Å². The molecule has 0 heterocycles. The summed E-state index contributed by atoms with van der Waals surface area (Å²) in [5, 5.41) is 0. The van der Waals surface area contributed by atoms with Crippen molar-refractivity contribution >= 4 is 12.4 Å². The van der Waals surface area contributed by atoms with Crippen LogP contribution in [0.25, 0.3) is 0 Å². The van der Waals surface area contributed by atoms with E-state index in [-0.39, 0.29) is 12.4 Å². The minimum Gasteiger partial charge on any atom is -0.303 e. The first-order valence-corrected chi connectivity index (χ1v) is 8.56. The van der Waals surface area contributed by atoms with Gasteiger partial charge in [0, 0.05) is 6.54 Å². The second-order valence-corrected chi connectivity index (χ2v) is 5.97. The highest BCUT2D eigenvalue weighted by Gasteiger charge is 2.12. The first-order chi connectivity index (χ1) is 9.80. The van der Waals surface area contributed by atoms with Crippen LogP contribution < -0.4 is 0 Å². The second-order valence-electron chi connectivity index (χ2n) is 5.97. The van der Waals surface area contributed by atoms with Crippen LogP contribution in [-0.4, -0.2) is 24.5 Å². The molecule has 1 aromatic rings. The molecular weight excluding hydrogens is 278 g/mol. The highest BCUT2D eigenvalue weighted by atomic mass is 35.5. The van der Waals surface area contributed by atoms with Crippen molar-refractivity contribution in [3.8, 4) is 0 Å². The number of halogens is 1. The summed E-state index contributed by atoms with van der Waals surface area (Å²) in [6.45, 7) is 10.7. The number of rotatable bonds is 11. The maximum absolute atomic E-state index is 2.70. The van der Waals surface area contributed by atoms with E-state index in [0.29, 0.717) is 0 Å². The van der Waals surface area contributed by atoms with Crippen molar-refractivity contribution in [2.75, 3.05) is 19.6 Å². The van der Waals surface area contributed by atoms with Gasteiger partial charge in [-0.2, -0.15) is 0 Å². The van der Waals surface area contributed by atoms with Crippen LogP contribution in [0.1, 0.15) is 58.4 Å². The van der Waals surface area contributed by atoms with Crippen LogP contribution >= 0.6 is 12.4 Å². The summed E-state index contributed by atoms with van der Waals surface area (Å²) < 4.78 is 0. The van der Waals surface area contributed by atoms with Crippen LogP contribution in [0.15, 0.2) is 30.3 Å². The maximum Gasteiger partial charge on any atom is 0.00127 e. The molecule has 1 nitrogen and oxygen atoms in total. The topological polar surface area (TPSA) is 3.24 Å². The Labute approximate surface area is 138 Å². The highest BCUT2D eigenvalue weighted by Crippen LogP contribution is 2.15. The van der Waals surface area contributed by atoms with Gasteiger partial charge in [0.25, 0.3) is 0 Å². The van der Waals surface area contributed by atoms with E-state index in [1.54, 1.807) is 0 Å². The molecule has 0 fully saturated rings. The van der Waals surface area contributed by atoms with Gasteiger partial charge in [0.1, 0.15) is 0 Å². The van der Waals surface area contributed by atoms with Crippen molar-refractivity contribution in [2.45, 2.75) is 59.3 Å². The monoisotopic (exact) mass is 311 g/mol. The average Bonchev–Trinajstić information content (AvgIpc) is 2.50. The van der Waals surface area contributed by atoms with Gasteiger partial charge in [0.05, 0.1) is 0 Å². The van der Waals surface area contributed by atoms with Gasteiger partial charge in [-0.25, -0.2) is 0 Å². The molecule has 2 heteroatoms. The van der Waals surface area contributed by atoms with E-state index in [1.165, 1.54) is 63.7 Å². The average molecular weight is 312 g/mol. The normalized spacial score (nSPS) is 12.2. The van der Waals surface area contributed by atoms with Gasteiger partial charge in [-0.05, 0) is 43.8 Å². The molecular formula is C19H34ClN. The lowest BCUT2D eigenvalue weighted by Crippen LogP contribution is -2.32. The van der Waals surface area contributed by atoms with E-state index in [2.05, 4.69) is 56.0 Å². The van der Waals surface area contributed by atoms with Crippen LogP contribution in [0.4, 0.5) is 0 Å². The molecule has 0 radical (unpaired) electrons. The molecule has 1 atom stereocenters. The van der Waals surface area contributed by atoms with Gasteiger partial charge in [0.2, 0.25) is 0 Å². The zero-order chi connectivity index (χ0) is 14.6. The van der Waals surface area contributed by atoms with Crippen molar-refractivity contribution in [1.29, 1.82) is 0 Å². The summed E-state index contributed by atoms with van der Waals surface area (Å²) in [4.78, 5) is 2.70. The Kier molecular flexibility index (Phi) is 12.8. The highest BCUT2D eigenvalue weighted by molar-refractivity contribution is 5.85. The van der Waals surface area contributed by atoms with Gasteiger partial charge >= 0.3 is 0 Å². The Bertz CT molecular complexity index is 318. The first kappa shape index (κ1) is 20.5. The third kappa shape index (κ3) is 9.16. The summed E-state index contributed by atoms with van der Waals surface area (Å²) in [5.74, 6) is 0.797. The number of hydrogen-bond acceptors (Lipinski definition) is 1. The van der Waals surface area contributed by atoms with Gasteiger partial charge in [0.15, 0.2) is 0 Å². The van der Waals surface area contributed by atoms with E-state index in [1.807, 2.05) is 0 Å². The van der Waals surface area contributed by atoms with Gasteiger partial charge in [-0.3, -0.25) is 0 Å². The maximum atomic E-state index is 2.70. The Morgan fingerprint density at radius 3 is 1.95 bits per heavy atom. The molecule has 1 rings (SSSR count). The zero-order valence-electron chi connectivity index (χ0n) is 14.2. The summed E-state index contributed by atoms with van der Waals surface area (Å²) in [6.07, 6.45) is 7.79. The van der Waals surface area contributed by atoms with E-state index >= 15 is 0 Å². The van der Waals surface area contributed by atoms with Gasteiger partial charge < -0.3 is 4.90 Å². The van der Waals surface area contributed by atoms with Crippen LogP contribution in [0.2, 0.25) is 0 Å².